The number of aryl methyl sites for hydroxylation is 1. The van der Waals surface area contributed by atoms with Gasteiger partial charge in [0, 0.05) is 29.3 Å². The van der Waals surface area contributed by atoms with Crippen molar-refractivity contribution in [3.8, 4) is 12.3 Å². The van der Waals surface area contributed by atoms with Crippen LogP contribution in [0.3, 0.4) is 0 Å². The number of nitrogens with zero attached hydrogens (tertiary/aromatic N) is 2. The van der Waals surface area contributed by atoms with Crippen molar-refractivity contribution in [2.75, 3.05) is 14.2 Å². The van der Waals surface area contributed by atoms with Gasteiger partial charge in [-0.1, -0.05) is 46.6 Å². The van der Waals surface area contributed by atoms with Gasteiger partial charge >= 0.3 is 0 Å². The molecule has 1 N–H and O–H groups in total. The number of nitrogens with one attached hydrogen (secondary N) is 1. The van der Waals surface area contributed by atoms with Crippen LogP contribution in [-0.4, -0.2) is 31.5 Å². The van der Waals surface area contributed by atoms with E-state index in [-0.39, 0.29) is 18.2 Å². The predicted octanol–water partition coefficient (Wildman–Crippen LogP) is 3.01. The Labute approximate surface area is 165 Å². The molecule has 0 heterocycles. The lowest BCUT2D eigenvalue weighted by molar-refractivity contribution is -0.114. The second kappa shape index (κ2) is 9.93. The van der Waals surface area contributed by atoms with Crippen molar-refractivity contribution in [2.24, 2.45) is 10.3 Å². The minimum atomic E-state index is -0.348. The van der Waals surface area contributed by atoms with Crippen molar-refractivity contribution < 1.29 is 14.5 Å². The molecular weight excluding hydrogens is 354 g/mol. The van der Waals surface area contributed by atoms with Crippen LogP contribution in [0.4, 0.5) is 0 Å². The smallest absolute Gasteiger partial charge is 0.273 e. The molecule has 0 spiro atoms. The quantitative estimate of drug-likeness (QED) is 0.458. The average Bonchev–Trinajstić information content (AvgIpc) is 2.72. The molecule has 0 atom stereocenters. The Morgan fingerprint density at radius 3 is 2.64 bits per heavy atom. The monoisotopic (exact) mass is 377 g/mol. The molecule has 0 aromatic heterocycles. The zero-order valence-corrected chi connectivity index (χ0v) is 16.4. The van der Waals surface area contributed by atoms with Crippen LogP contribution in [0.5, 0.6) is 0 Å². The molecular formula is C22H23N3O3. The summed E-state index contributed by atoms with van der Waals surface area (Å²) in [6.07, 6.45) is 5.44. The first-order valence-corrected chi connectivity index (χ1v) is 8.67. The molecule has 0 radical (unpaired) electrons. The summed E-state index contributed by atoms with van der Waals surface area (Å²) in [5.74, 6) is 2.25. The van der Waals surface area contributed by atoms with E-state index in [4.69, 9.17) is 16.1 Å². The van der Waals surface area contributed by atoms with Crippen LogP contribution in [0.15, 0.2) is 52.8 Å². The van der Waals surface area contributed by atoms with Gasteiger partial charge in [0.1, 0.15) is 13.7 Å². The molecule has 0 unspecified atom stereocenters. The highest BCUT2D eigenvalue weighted by Crippen LogP contribution is 2.18. The van der Waals surface area contributed by atoms with Gasteiger partial charge in [0.2, 0.25) is 0 Å². The molecule has 6 heteroatoms. The van der Waals surface area contributed by atoms with Crippen molar-refractivity contribution in [1.82, 2.24) is 5.32 Å². The number of likely N-dealkylation sites (N-methyl/N-ethyl adjacent to an activating group) is 1. The molecule has 0 bridgehead atoms. The molecule has 0 aliphatic rings. The molecule has 28 heavy (non-hydrogen) atoms. The summed E-state index contributed by atoms with van der Waals surface area (Å²) in [5.41, 5.74) is 4.91. The van der Waals surface area contributed by atoms with Crippen LogP contribution in [-0.2, 0) is 21.1 Å². The maximum atomic E-state index is 12.2. The third kappa shape index (κ3) is 4.98. The Hall–Kier alpha value is -3.59. The summed E-state index contributed by atoms with van der Waals surface area (Å²) in [6, 6.07) is 13.1. The number of hydrogen-bond acceptors (Lipinski definition) is 5. The highest BCUT2D eigenvalue weighted by atomic mass is 16.6. The molecule has 144 valence electrons. The SMILES string of the molecule is C#Cc1cccc(/C(C)=N/OCc2c(C)cccc2/C(=N\OC)C(=O)NC)c1. The number of amides is 1. The number of carbonyl (C=O) groups excluding carboxylic acids is 1. The molecule has 2 aromatic rings. The van der Waals surface area contributed by atoms with Crippen molar-refractivity contribution in [1.29, 1.82) is 0 Å². The summed E-state index contributed by atoms with van der Waals surface area (Å²) < 4.78 is 0. The fraction of sp³-hybridized carbons (Fsp3) is 0.227. The van der Waals surface area contributed by atoms with Gasteiger partial charge in [-0.15, -0.1) is 6.42 Å². The lowest BCUT2D eigenvalue weighted by atomic mass is 9.98. The molecule has 2 aromatic carbocycles. The maximum Gasteiger partial charge on any atom is 0.273 e. The molecule has 0 fully saturated rings. The number of oxime groups is 2. The van der Waals surface area contributed by atoms with Gasteiger partial charge in [0.25, 0.3) is 5.91 Å². The Kier molecular flexibility index (Phi) is 7.35. The first-order chi connectivity index (χ1) is 13.5. The van der Waals surface area contributed by atoms with Gasteiger partial charge < -0.3 is 15.0 Å². The standard InChI is InChI=1S/C22H23N3O3/c1-6-17-10-8-11-18(13-17)16(3)24-28-14-20-15(2)9-7-12-19(20)21(25-27-5)22(26)23-4/h1,7-13H,14H2,2-5H3,(H,23,26)/b24-16+,25-21+. The second-order valence-corrected chi connectivity index (χ2v) is 5.98. The van der Waals surface area contributed by atoms with Gasteiger partial charge in [-0.2, -0.15) is 0 Å². The largest absolute Gasteiger partial charge is 0.398 e. The van der Waals surface area contributed by atoms with E-state index < -0.39 is 0 Å². The summed E-state index contributed by atoms with van der Waals surface area (Å²) >= 11 is 0. The number of benzene rings is 2. The van der Waals surface area contributed by atoms with Crippen molar-refractivity contribution in [3.05, 3.63) is 70.3 Å². The van der Waals surface area contributed by atoms with Crippen LogP contribution in [0, 0.1) is 19.3 Å². The molecule has 0 saturated heterocycles. The third-order valence-electron chi connectivity index (χ3n) is 4.15. The van der Waals surface area contributed by atoms with Gasteiger partial charge in [0.15, 0.2) is 5.71 Å². The fourth-order valence-corrected chi connectivity index (χ4v) is 2.62. The van der Waals surface area contributed by atoms with Crippen LogP contribution in [0.1, 0.15) is 34.7 Å². The van der Waals surface area contributed by atoms with Crippen molar-refractivity contribution in [3.63, 3.8) is 0 Å². The Balaban J connectivity index is 2.28. The summed E-state index contributed by atoms with van der Waals surface area (Å²) in [6.45, 7) is 3.95. The number of hydrogen-bond donors (Lipinski definition) is 1. The lowest BCUT2D eigenvalue weighted by Gasteiger charge is -2.13. The summed E-state index contributed by atoms with van der Waals surface area (Å²) in [7, 11) is 2.93. The summed E-state index contributed by atoms with van der Waals surface area (Å²) in [5, 5.41) is 10.6. The Morgan fingerprint density at radius 2 is 1.96 bits per heavy atom. The van der Waals surface area contributed by atoms with Crippen molar-refractivity contribution >= 4 is 17.3 Å². The van der Waals surface area contributed by atoms with E-state index in [1.165, 1.54) is 14.2 Å². The van der Waals surface area contributed by atoms with E-state index in [1.807, 2.05) is 50.2 Å². The van der Waals surface area contributed by atoms with Crippen LogP contribution in [0.2, 0.25) is 0 Å². The number of rotatable bonds is 7. The van der Waals surface area contributed by atoms with E-state index in [0.29, 0.717) is 11.3 Å². The highest BCUT2D eigenvalue weighted by Gasteiger charge is 2.19. The zero-order chi connectivity index (χ0) is 20.5. The lowest BCUT2D eigenvalue weighted by Crippen LogP contribution is -2.29. The molecule has 2 rings (SSSR count). The fourth-order valence-electron chi connectivity index (χ4n) is 2.62. The van der Waals surface area contributed by atoms with Crippen molar-refractivity contribution in [2.45, 2.75) is 20.5 Å². The van der Waals surface area contributed by atoms with Gasteiger partial charge in [-0.25, -0.2) is 0 Å². The van der Waals surface area contributed by atoms with Crippen LogP contribution >= 0.6 is 0 Å². The molecule has 1 amide bonds. The van der Waals surface area contributed by atoms with E-state index >= 15 is 0 Å². The van der Waals surface area contributed by atoms with E-state index in [9.17, 15) is 4.79 Å². The number of carbonyl (C=O) groups is 1. The summed E-state index contributed by atoms with van der Waals surface area (Å²) in [4.78, 5) is 22.6. The van der Waals surface area contributed by atoms with Gasteiger partial charge in [0.05, 0.1) is 5.71 Å². The average molecular weight is 377 g/mol. The Bertz CT molecular complexity index is 956. The molecule has 0 aliphatic carbocycles. The minimum Gasteiger partial charge on any atom is -0.398 e. The van der Waals surface area contributed by atoms with Crippen LogP contribution < -0.4 is 5.32 Å². The molecule has 6 nitrogen and oxygen atoms in total. The molecule has 0 saturated carbocycles. The second-order valence-electron chi connectivity index (χ2n) is 5.98. The zero-order valence-electron chi connectivity index (χ0n) is 16.4. The highest BCUT2D eigenvalue weighted by molar-refractivity contribution is 6.45. The normalized spacial score (nSPS) is 11.5. The maximum absolute atomic E-state index is 12.2. The third-order valence-corrected chi connectivity index (χ3v) is 4.15. The first-order valence-electron chi connectivity index (χ1n) is 8.67. The van der Waals surface area contributed by atoms with Crippen LogP contribution in [0.25, 0.3) is 0 Å². The topological polar surface area (TPSA) is 72.3 Å². The minimum absolute atomic E-state index is 0.175. The predicted molar refractivity (Wildman–Crippen MR) is 110 cm³/mol. The van der Waals surface area contributed by atoms with Gasteiger partial charge in [-0.3, -0.25) is 4.79 Å². The van der Waals surface area contributed by atoms with E-state index in [2.05, 4.69) is 21.5 Å². The molecule has 0 aliphatic heterocycles. The van der Waals surface area contributed by atoms with E-state index in [1.54, 1.807) is 6.07 Å². The first kappa shape index (κ1) is 20.7. The van der Waals surface area contributed by atoms with E-state index in [0.717, 1.165) is 22.3 Å². The van der Waals surface area contributed by atoms with Gasteiger partial charge in [-0.05, 0) is 31.5 Å². The number of terminal acetylenes is 1. The Morgan fingerprint density at radius 1 is 1.21 bits per heavy atom.